The van der Waals surface area contributed by atoms with Crippen molar-refractivity contribution >= 4 is 40.3 Å². The minimum Gasteiger partial charge on any atom is -0.456 e. The number of carbonyl (C=O) groups is 4. The molecule has 2 amide bonds. The lowest BCUT2D eigenvalue weighted by molar-refractivity contribution is -0.142. The number of Topliss-reactive ketones (excluding diaryl/α,β-unsaturated/α-hetero) is 1. The summed E-state index contributed by atoms with van der Waals surface area (Å²) in [5.41, 5.74) is 0.992. The number of hydrogen-bond donors (Lipinski definition) is 1. The maximum Gasteiger partial charge on any atom is 0.326 e. The van der Waals surface area contributed by atoms with Crippen molar-refractivity contribution in [3.05, 3.63) is 29.8 Å². The van der Waals surface area contributed by atoms with Crippen LogP contribution in [0.15, 0.2) is 24.3 Å². The molecule has 1 fully saturated rings. The van der Waals surface area contributed by atoms with E-state index in [0.717, 1.165) is 18.2 Å². The Morgan fingerprint density at radius 3 is 2.56 bits per heavy atom. The number of esters is 1. The van der Waals surface area contributed by atoms with E-state index in [1.807, 2.05) is 6.92 Å². The normalized spacial score (nSPS) is 13.6. The summed E-state index contributed by atoms with van der Waals surface area (Å²) in [5.74, 6) is -0.369. The Labute approximate surface area is 150 Å². The van der Waals surface area contributed by atoms with Crippen molar-refractivity contribution in [2.24, 2.45) is 0 Å². The third-order valence-corrected chi connectivity index (χ3v) is 4.39. The molecule has 134 valence electrons. The molecule has 8 heteroatoms. The summed E-state index contributed by atoms with van der Waals surface area (Å²) >= 11 is 1.16. The zero-order valence-corrected chi connectivity index (χ0v) is 14.8. The number of benzene rings is 1. The summed E-state index contributed by atoms with van der Waals surface area (Å²) in [7, 11) is 0. The van der Waals surface area contributed by atoms with Gasteiger partial charge in [-0.3, -0.25) is 19.2 Å². The average molecular weight is 364 g/mol. The van der Waals surface area contributed by atoms with Gasteiger partial charge in [0, 0.05) is 30.0 Å². The highest BCUT2D eigenvalue weighted by Crippen LogP contribution is 2.16. The first-order valence-corrected chi connectivity index (χ1v) is 8.98. The van der Waals surface area contributed by atoms with Gasteiger partial charge in [-0.25, -0.2) is 0 Å². The lowest BCUT2D eigenvalue weighted by Gasteiger charge is -2.13. The first kappa shape index (κ1) is 19.0. The number of nitrogens with one attached hydrogen (secondary N) is 1. The number of anilines is 1. The Hall–Kier alpha value is -2.35. The van der Waals surface area contributed by atoms with Gasteiger partial charge in [0.15, 0.2) is 12.4 Å². The van der Waals surface area contributed by atoms with Crippen LogP contribution in [0.2, 0.25) is 0 Å². The highest BCUT2D eigenvalue weighted by molar-refractivity contribution is 8.13. The number of carbonyl (C=O) groups excluding carboxylic acids is 4. The van der Waals surface area contributed by atoms with E-state index in [9.17, 15) is 19.2 Å². The molecule has 0 saturated carbocycles. The highest BCUT2D eigenvalue weighted by atomic mass is 32.2. The molecule has 25 heavy (non-hydrogen) atoms. The number of ketones is 1. The van der Waals surface area contributed by atoms with Crippen molar-refractivity contribution in [1.29, 1.82) is 0 Å². The maximum atomic E-state index is 12.0. The molecular weight excluding hydrogens is 344 g/mol. The zero-order chi connectivity index (χ0) is 18.2. The molecule has 1 saturated heterocycles. The minimum atomic E-state index is -0.604. The molecule has 0 unspecified atom stereocenters. The number of thioether (sulfide) groups is 1. The van der Waals surface area contributed by atoms with Crippen LogP contribution in [0.4, 0.5) is 10.5 Å². The molecule has 0 aromatic heterocycles. The Bertz CT molecular complexity index is 660. The summed E-state index contributed by atoms with van der Waals surface area (Å²) in [4.78, 5) is 48.0. The van der Waals surface area contributed by atoms with Crippen LogP contribution in [-0.2, 0) is 14.3 Å². The van der Waals surface area contributed by atoms with Crippen molar-refractivity contribution in [2.45, 2.75) is 19.8 Å². The fourth-order valence-electron chi connectivity index (χ4n) is 2.19. The van der Waals surface area contributed by atoms with Gasteiger partial charge in [0.25, 0.3) is 5.24 Å². The van der Waals surface area contributed by atoms with Crippen molar-refractivity contribution in [1.82, 2.24) is 4.90 Å². The van der Waals surface area contributed by atoms with Crippen LogP contribution in [-0.4, -0.2) is 53.2 Å². The molecule has 0 atom stereocenters. The van der Waals surface area contributed by atoms with Gasteiger partial charge in [-0.1, -0.05) is 18.7 Å². The standard InChI is InChI=1S/C17H20N2O5S/c1-2-3-15(21)18-13-6-4-12(5-7-13)14(20)11-24-16(22)10-19-8-9-25-17(19)23/h4-7H,2-3,8-11H2,1H3,(H,18,21). The van der Waals surface area contributed by atoms with E-state index >= 15 is 0 Å². The predicted molar refractivity (Wildman–Crippen MR) is 94.7 cm³/mol. The third kappa shape index (κ3) is 5.90. The highest BCUT2D eigenvalue weighted by Gasteiger charge is 2.24. The molecule has 1 aromatic carbocycles. The summed E-state index contributed by atoms with van der Waals surface area (Å²) < 4.78 is 4.93. The Morgan fingerprint density at radius 2 is 1.96 bits per heavy atom. The van der Waals surface area contributed by atoms with E-state index in [2.05, 4.69) is 5.32 Å². The fraction of sp³-hybridized carbons (Fsp3) is 0.412. The zero-order valence-electron chi connectivity index (χ0n) is 13.9. The van der Waals surface area contributed by atoms with Gasteiger partial charge in [0.05, 0.1) is 0 Å². The smallest absolute Gasteiger partial charge is 0.326 e. The second-order valence-corrected chi connectivity index (χ2v) is 6.54. The van der Waals surface area contributed by atoms with Crippen LogP contribution in [0.1, 0.15) is 30.1 Å². The van der Waals surface area contributed by atoms with Crippen molar-refractivity contribution < 1.29 is 23.9 Å². The molecule has 0 spiro atoms. The Kier molecular flexibility index (Phi) is 7.00. The topological polar surface area (TPSA) is 92.8 Å². The molecule has 0 aliphatic carbocycles. The average Bonchev–Trinajstić information content (AvgIpc) is 2.98. The van der Waals surface area contributed by atoms with Gasteiger partial charge in [-0.15, -0.1) is 0 Å². The molecule has 7 nitrogen and oxygen atoms in total. The number of nitrogens with zero attached hydrogens (tertiary/aromatic N) is 1. The van der Waals surface area contributed by atoms with Crippen LogP contribution in [0.3, 0.4) is 0 Å². The first-order valence-electron chi connectivity index (χ1n) is 8.00. The van der Waals surface area contributed by atoms with E-state index in [1.54, 1.807) is 24.3 Å². The van der Waals surface area contributed by atoms with Crippen LogP contribution < -0.4 is 5.32 Å². The second kappa shape index (κ2) is 9.22. The Morgan fingerprint density at radius 1 is 1.24 bits per heavy atom. The minimum absolute atomic E-state index is 0.0786. The van der Waals surface area contributed by atoms with Crippen molar-refractivity contribution in [3.63, 3.8) is 0 Å². The molecule has 1 N–H and O–H groups in total. The quantitative estimate of drug-likeness (QED) is 0.562. The van der Waals surface area contributed by atoms with Crippen LogP contribution in [0.5, 0.6) is 0 Å². The van der Waals surface area contributed by atoms with Crippen LogP contribution >= 0.6 is 11.8 Å². The number of rotatable bonds is 8. The van der Waals surface area contributed by atoms with Gasteiger partial charge in [0.1, 0.15) is 6.54 Å². The van der Waals surface area contributed by atoms with E-state index in [4.69, 9.17) is 4.74 Å². The third-order valence-electron chi connectivity index (χ3n) is 3.50. The molecule has 0 radical (unpaired) electrons. The van der Waals surface area contributed by atoms with Crippen LogP contribution in [0, 0.1) is 0 Å². The van der Waals surface area contributed by atoms with Gasteiger partial charge in [-0.2, -0.15) is 0 Å². The molecule has 1 heterocycles. The fourth-order valence-corrected chi connectivity index (χ4v) is 3.01. The predicted octanol–water partition coefficient (Wildman–Crippen LogP) is 2.32. The van der Waals surface area contributed by atoms with Gasteiger partial charge >= 0.3 is 5.97 Å². The monoisotopic (exact) mass is 364 g/mol. The number of amides is 2. The van der Waals surface area contributed by atoms with Crippen molar-refractivity contribution in [2.75, 3.05) is 30.8 Å². The number of ether oxygens (including phenoxy) is 1. The van der Waals surface area contributed by atoms with E-state index in [-0.39, 0.29) is 30.1 Å². The molecule has 1 aromatic rings. The Balaban J connectivity index is 1.79. The molecule has 2 rings (SSSR count). The van der Waals surface area contributed by atoms with Gasteiger partial charge < -0.3 is 15.0 Å². The summed E-state index contributed by atoms with van der Waals surface area (Å²) in [6.45, 7) is 1.91. The van der Waals surface area contributed by atoms with Gasteiger partial charge in [0.2, 0.25) is 5.91 Å². The molecule has 1 aliphatic heterocycles. The van der Waals surface area contributed by atoms with E-state index < -0.39 is 5.97 Å². The number of hydrogen-bond acceptors (Lipinski definition) is 6. The SMILES string of the molecule is CCCC(=O)Nc1ccc(C(=O)COC(=O)CN2CCSC2=O)cc1. The molecule has 1 aliphatic rings. The van der Waals surface area contributed by atoms with E-state index in [0.29, 0.717) is 30.0 Å². The maximum absolute atomic E-state index is 12.0. The van der Waals surface area contributed by atoms with Crippen molar-refractivity contribution in [3.8, 4) is 0 Å². The second-order valence-electron chi connectivity index (χ2n) is 5.50. The van der Waals surface area contributed by atoms with E-state index in [1.165, 1.54) is 4.90 Å². The lowest BCUT2D eigenvalue weighted by Crippen LogP contribution is -2.31. The molecule has 0 bridgehead atoms. The first-order chi connectivity index (χ1) is 12.0. The van der Waals surface area contributed by atoms with Crippen LogP contribution in [0.25, 0.3) is 0 Å². The summed E-state index contributed by atoms with van der Waals surface area (Å²) in [6, 6.07) is 6.39. The summed E-state index contributed by atoms with van der Waals surface area (Å²) in [5, 5.41) is 2.58. The van der Waals surface area contributed by atoms with Gasteiger partial charge in [-0.05, 0) is 30.7 Å². The summed E-state index contributed by atoms with van der Waals surface area (Å²) in [6.07, 6.45) is 1.20. The lowest BCUT2D eigenvalue weighted by atomic mass is 10.1. The molecular formula is C17H20N2O5S. The largest absolute Gasteiger partial charge is 0.456 e.